The number of aliphatic hydroxyl groups is 11. The van der Waals surface area contributed by atoms with Crippen LogP contribution in [-0.2, 0) is 33.2 Å². The van der Waals surface area contributed by atoms with E-state index in [1.165, 1.54) is 44.9 Å². The minimum Gasteiger partial charge on any atom is -0.394 e. The molecule has 17 atom stereocenters. The molecular weight excluding hydrogens is 951 g/mol. The van der Waals surface area contributed by atoms with Gasteiger partial charge in [-0.25, -0.2) is 0 Å². The molecule has 17 unspecified atom stereocenters. The Balaban J connectivity index is 1.52. The Labute approximate surface area is 434 Å². The first-order valence-corrected chi connectivity index (χ1v) is 27.7. The Bertz CT molecular complexity index is 1490. The highest BCUT2D eigenvalue weighted by Gasteiger charge is 2.53. The molecule has 3 rings (SSSR count). The summed E-state index contributed by atoms with van der Waals surface area (Å²) in [5.74, 6) is -0.257. The van der Waals surface area contributed by atoms with Gasteiger partial charge in [0.2, 0.25) is 5.91 Å². The smallest absolute Gasteiger partial charge is 0.220 e. The van der Waals surface area contributed by atoms with Crippen molar-refractivity contribution in [2.24, 2.45) is 0 Å². The molecule has 426 valence electrons. The fraction of sp³-hybridized carbons (Fsp3) is 0.870. The molecule has 0 aromatic rings. The Kier molecular flexibility index (Phi) is 34.5. The number of rotatable bonds is 39. The standard InChI is InChI=1S/C54H97NO18/c1-3-5-7-9-11-13-15-16-17-18-19-20-22-24-26-28-30-32-42(60)55-37(38(59)31-29-27-25-23-21-14-12-10-8-6-4-2)36-68-52-48(66)45(63)50(40(34-57)70-52)73-54-49(67)46(64)51(41(35-58)71-54)72-53-47(65)44(62)43(61)39(33-56)69-53/h5,7,11,13,16-17,37-41,43-54,56-59,61-67H,3-4,6,8-10,12,14-15,18-36H2,1-2H3,(H,55,60)/b7-5-,13-11-,17-16-. The summed E-state index contributed by atoms with van der Waals surface area (Å²) in [5.41, 5.74) is 0. The van der Waals surface area contributed by atoms with Gasteiger partial charge in [-0.2, -0.15) is 0 Å². The Morgan fingerprint density at radius 1 is 0.507 bits per heavy atom. The molecule has 73 heavy (non-hydrogen) atoms. The third-order valence-corrected chi connectivity index (χ3v) is 14.0. The van der Waals surface area contributed by atoms with Crippen LogP contribution in [0.2, 0.25) is 0 Å². The van der Waals surface area contributed by atoms with Crippen molar-refractivity contribution < 1.29 is 89.4 Å². The molecule has 3 heterocycles. The van der Waals surface area contributed by atoms with Gasteiger partial charge in [-0.05, 0) is 44.9 Å². The van der Waals surface area contributed by atoms with Crippen molar-refractivity contribution >= 4 is 5.91 Å². The summed E-state index contributed by atoms with van der Waals surface area (Å²) in [7, 11) is 0. The van der Waals surface area contributed by atoms with Crippen LogP contribution in [0.5, 0.6) is 0 Å². The fourth-order valence-electron chi connectivity index (χ4n) is 9.38. The van der Waals surface area contributed by atoms with Crippen LogP contribution < -0.4 is 5.32 Å². The minimum atomic E-state index is -1.97. The molecule has 19 nitrogen and oxygen atoms in total. The summed E-state index contributed by atoms with van der Waals surface area (Å²) >= 11 is 0. The lowest BCUT2D eigenvalue weighted by atomic mass is 9.96. The number of nitrogens with one attached hydrogen (secondary N) is 1. The van der Waals surface area contributed by atoms with Crippen LogP contribution in [0.1, 0.15) is 168 Å². The molecule has 0 radical (unpaired) electrons. The number of unbranched alkanes of at least 4 members (excludes halogenated alkanes) is 17. The molecule has 0 aliphatic carbocycles. The minimum absolute atomic E-state index is 0.254. The van der Waals surface area contributed by atoms with Crippen molar-refractivity contribution in [3.8, 4) is 0 Å². The van der Waals surface area contributed by atoms with Gasteiger partial charge in [0, 0.05) is 6.42 Å². The van der Waals surface area contributed by atoms with Crippen molar-refractivity contribution in [3.63, 3.8) is 0 Å². The van der Waals surface area contributed by atoms with Gasteiger partial charge in [-0.1, -0.05) is 153 Å². The zero-order chi connectivity index (χ0) is 53.4. The Morgan fingerprint density at radius 3 is 1.48 bits per heavy atom. The number of hydrogen-bond acceptors (Lipinski definition) is 18. The van der Waals surface area contributed by atoms with Crippen LogP contribution >= 0.6 is 0 Å². The predicted octanol–water partition coefficient (Wildman–Crippen LogP) is 3.37. The van der Waals surface area contributed by atoms with E-state index < -0.39 is 124 Å². The van der Waals surface area contributed by atoms with Gasteiger partial charge in [0.1, 0.15) is 73.2 Å². The SMILES string of the molecule is CC/C=C\C/C=C\C/C=C\CCCCCCCCCC(=O)NC(COC1OC(CO)C(OC2OC(CO)C(OC3OC(CO)C(O)C(O)C3O)C(O)C2O)C(O)C1O)C(O)CCCCCCCCCCCCC. The number of aliphatic hydroxyl groups excluding tert-OH is 11. The van der Waals surface area contributed by atoms with Crippen LogP contribution in [0.4, 0.5) is 0 Å². The lowest BCUT2D eigenvalue weighted by molar-refractivity contribution is -0.379. The van der Waals surface area contributed by atoms with Crippen LogP contribution in [0.15, 0.2) is 36.5 Å². The maximum absolute atomic E-state index is 13.3. The molecule has 19 heteroatoms. The monoisotopic (exact) mass is 1050 g/mol. The molecule has 0 saturated carbocycles. The van der Waals surface area contributed by atoms with Crippen LogP contribution in [0.25, 0.3) is 0 Å². The second kappa shape index (κ2) is 38.5. The van der Waals surface area contributed by atoms with Gasteiger partial charge in [-0.15, -0.1) is 0 Å². The molecule has 1 amide bonds. The highest BCUT2D eigenvalue weighted by molar-refractivity contribution is 5.76. The molecule has 3 aliphatic heterocycles. The summed E-state index contributed by atoms with van der Waals surface area (Å²) in [6.45, 7) is 1.63. The number of ether oxygens (including phenoxy) is 6. The highest BCUT2D eigenvalue weighted by atomic mass is 16.8. The number of hydrogen-bond donors (Lipinski definition) is 12. The second-order valence-electron chi connectivity index (χ2n) is 20.0. The van der Waals surface area contributed by atoms with Crippen LogP contribution in [0.3, 0.4) is 0 Å². The third kappa shape index (κ3) is 23.7. The van der Waals surface area contributed by atoms with E-state index in [1.54, 1.807) is 0 Å². The second-order valence-corrected chi connectivity index (χ2v) is 20.0. The fourth-order valence-corrected chi connectivity index (χ4v) is 9.38. The van der Waals surface area contributed by atoms with Gasteiger partial charge in [0.05, 0.1) is 38.6 Å². The number of amides is 1. The molecule has 3 fully saturated rings. The zero-order valence-corrected chi connectivity index (χ0v) is 43.9. The molecule has 0 aromatic carbocycles. The first kappa shape index (κ1) is 65.3. The Morgan fingerprint density at radius 2 is 0.945 bits per heavy atom. The number of carbonyl (C=O) groups excluding carboxylic acids is 1. The predicted molar refractivity (Wildman–Crippen MR) is 272 cm³/mol. The maximum atomic E-state index is 13.3. The summed E-state index contributed by atoms with van der Waals surface area (Å²) in [5, 5.41) is 120. The molecule has 12 N–H and O–H groups in total. The lowest BCUT2D eigenvalue weighted by Gasteiger charge is -2.48. The molecule has 3 aliphatic rings. The molecule has 3 saturated heterocycles. The number of carbonyl (C=O) groups is 1. The first-order valence-electron chi connectivity index (χ1n) is 27.7. The lowest BCUT2D eigenvalue weighted by Crippen LogP contribution is -2.66. The van der Waals surface area contributed by atoms with E-state index >= 15 is 0 Å². The van der Waals surface area contributed by atoms with E-state index in [4.69, 9.17) is 28.4 Å². The third-order valence-electron chi connectivity index (χ3n) is 14.0. The van der Waals surface area contributed by atoms with Crippen LogP contribution in [-0.4, -0.2) is 193 Å². The zero-order valence-electron chi connectivity index (χ0n) is 43.9. The van der Waals surface area contributed by atoms with E-state index in [-0.39, 0.29) is 18.9 Å². The van der Waals surface area contributed by atoms with Gasteiger partial charge in [-0.3, -0.25) is 4.79 Å². The number of allylic oxidation sites excluding steroid dienone is 6. The van der Waals surface area contributed by atoms with E-state index in [0.717, 1.165) is 89.9 Å². The molecular formula is C54H97NO18. The van der Waals surface area contributed by atoms with Crippen molar-refractivity contribution in [2.45, 2.75) is 272 Å². The van der Waals surface area contributed by atoms with E-state index in [1.807, 2.05) is 0 Å². The Hall–Kier alpha value is -1.99. The maximum Gasteiger partial charge on any atom is 0.220 e. The molecule has 0 aromatic heterocycles. The quantitative estimate of drug-likeness (QED) is 0.0310. The van der Waals surface area contributed by atoms with Crippen LogP contribution in [0, 0.1) is 0 Å². The van der Waals surface area contributed by atoms with Crippen molar-refractivity contribution in [2.75, 3.05) is 26.4 Å². The van der Waals surface area contributed by atoms with Gasteiger partial charge < -0.3 is 89.9 Å². The first-order chi connectivity index (χ1) is 35.3. The van der Waals surface area contributed by atoms with E-state index in [0.29, 0.717) is 12.8 Å². The summed E-state index contributed by atoms with van der Waals surface area (Å²) < 4.78 is 34.2. The average molecular weight is 1050 g/mol. The van der Waals surface area contributed by atoms with Gasteiger partial charge >= 0.3 is 0 Å². The highest BCUT2D eigenvalue weighted by Crippen LogP contribution is 2.33. The summed E-state index contributed by atoms with van der Waals surface area (Å²) in [4.78, 5) is 13.3. The average Bonchev–Trinajstić information content (AvgIpc) is 3.39. The summed E-state index contributed by atoms with van der Waals surface area (Å²) in [6, 6.07) is -0.890. The molecule has 0 spiro atoms. The van der Waals surface area contributed by atoms with Crippen molar-refractivity contribution in [3.05, 3.63) is 36.5 Å². The van der Waals surface area contributed by atoms with Crippen molar-refractivity contribution in [1.82, 2.24) is 5.32 Å². The largest absolute Gasteiger partial charge is 0.394 e. The van der Waals surface area contributed by atoms with Crippen molar-refractivity contribution in [1.29, 1.82) is 0 Å². The van der Waals surface area contributed by atoms with Gasteiger partial charge in [0.25, 0.3) is 0 Å². The topological polar surface area (TPSA) is 307 Å². The normalized spacial score (nSPS) is 32.0. The molecule has 0 bridgehead atoms. The van der Waals surface area contributed by atoms with E-state index in [2.05, 4.69) is 55.6 Å². The van der Waals surface area contributed by atoms with E-state index in [9.17, 15) is 61.0 Å². The van der Waals surface area contributed by atoms with Gasteiger partial charge in [0.15, 0.2) is 18.9 Å². The summed E-state index contributed by atoms with van der Waals surface area (Å²) in [6.07, 6.45) is 11.0.